The first kappa shape index (κ1) is 15.4. The Morgan fingerprint density at radius 1 is 1.42 bits per heavy atom. The predicted molar refractivity (Wildman–Crippen MR) is 76.6 cm³/mol. The number of methoxy groups -OCH3 is 1. The van der Waals surface area contributed by atoms with E-state index in [4.69, 9.17) is 4.74 Å². The van der Waals surface area contributed by atoms with Crippen molar-refractivity contribution in [3.8, 4) is 0 Å². The smallest absolute Gasteiger partial charge is 0.271 e. The molecule has 0 fully saturated rings. The summed E-state index contributed by atoms with van der Waals surface area (Å²) in [6.45, 7) is 7.69. The largest absolute Gasteiger partial charge is 0.385 e. The maximum Gasteiger partial charge on any atom is 0.271 e. The summed E-state index contributed by atoms with van der Waals surface area (Å²) in [7, 11) is 1.69. The molecule has 1 N–H and O–H groups in total. The van der Waals surface area contributed by atoms with E-state index in [1.807, 2.05) is 6.92 Å². The summed E-state index contributed by atoms with van der Waals surface area (Å²) in [6.07, 6.45) is 0.935. The van der Waals surface area contributed by atoms with Gasteiger partial charge >= 0.3 is 0 Å². The number of ether oxygens (including phenoxy) is 1. The molecule has 0 saturated carbocycles. The molecule has 0 aliphatic rings. The molecule has 0 aliphatic carbocycles. The van der Waals surface area contributed by atoms with E-state index in [0.29, 0.717) is 6.61 Å². The average molecular weight is 266 g/mol. The molecule has 0 radical (unpaired) electrons. The molecule has 0 amide bonds. The van der Waals surface area contributed by atoms with E-state index >= 15 is 0 Å². The summed E-state index contributed by atoms with van der Waals surface area (Å²) >= 11 is 0. The van der Waals surface area contributed by atoms with Crippen LogP contribution in [0.4, 0.5) is 11.4 Å². The van der Waals surface area contributed by atoms with Crippen molar-refractivity contribution >= 4 is 11.4 Å². The number of anilines is 1. The number of rotatable bonds is 7. The monoisotopic (exact) mass is 266 g/mol. The van der Waals surface area contributed by atoms with Crippen LogP contribution in [0, 0.1) is 22.5 Å². The molecule has 0 saturated heterocycles. The van der Waals surface area contributed by atoms with Crippen LogP contribution in [0.1, 0.15) is 25.8 Å². The van der Waals surface area contributed by atoms with Gasteiger partial charge in [-0.25, -0.2) is 0 Å². The first-order chi connectivity index (χ1) is 8.85. The molecule has 0 aromatic heterocycles. The van der Waals surface area contributed by atoms with Gasteiger partial charge in [-0.05, 0) is 24.3 Å². The summed E-state index contributed by atoms with van der Waals surface area (Å²) in [5, 5.41) is 14.1. The standard InChI is InChI=1S/C14H22N2O3/c1-11-5-6-12(16(17)18)9-13(11)15-10-14(2,3)7-8-19-4/h5-6,9,15H,7-8,10H2,1-4H3. The quantitative estimate of drug-likeness (QED) is 0.607. The van der Waals surface area contributed by atoms with Gasteiger partial charge in [-0.15, -0.1) is 0 Å². The van der Waals surface area contributed by atoms with Gasteiger partial charge in [0, 0.05) is 38.1 Å². The van der Waals surface area contributed by atoms with Gasteiger partial charge < -0.3 is 10.1 Å². The van der Waals surface area contributed by atoms with Gasteiger partial charge in [0.15, 0.2) is 0 Å². The van der Waals surface area contributed by atoms with Crippen molar-refractivity contribution in [2.45, 2.75) is 27.2 Å². The van der Waals surface area contributed by atoms with Gasteiger partial charge in [0.2, 0.25) is 0 Å². The van der Waals surface area contributed by atoms with Gasteiger partial charge in [-0.3, -0.25) is 10.1 Å². The highest BCUT2D eigenvalue weighted by molar-refractivity contribution is 5.56. The van der Waals surface area contributed by atoms with Gasteiger partial charge in [-0.2, -0.15) is 0 Å². The molecule has 0 heterocycles. The van der Waals surface area contributed by atoms with Crippen molar-refractivity contribution in [3.05, 3.63) is 33.9 Å². The van der Waals surface area contributed by atoms with Crippen molar-refractivity contribution in [1.29, 1.82) is 0 Å². The molecule has 1 aromatic rings. The predicted octanol–water partition coefficient (Wildman–Crippen LogP) is 3.38. The van der Waals surface area contributed by atoms with E-state index in [9.17, 15) is 10.1 Å². The van der Waals surface area contributed by atoms with E-state index < -0.39 is 0 Å². The highest BCUT2D eigenvalue weighted by Crippen LogP contribution is 2.25. The number of non-ortho nitro benzene ring substituents is 1. The summed E-state index contributed by atoms with van der Waals surface area (Å²) in [4.78, 5) is 10.4. The second-order valence-corrected chi connectivity index (χ2v) is 5.52. The molecule has 1 aromatic carbocycles. The number of nitrogens with zero attached hydrogens (tertiary/aromatic N) is 1. The normalized spacial score (nSPS) is 11.4. The topological polar surface area (TPSA) is 64.4 Å². The molecule has 1 rings (SSSR count). The molecular weight excluding hydrogens is 244 g/mol. The molecule has 0 atom stereocenters. The van der Waals surface area contributed by atoms with Crippen LogP contribution in [0.25, 0.3) is 0 Å². The van der Waals surface area contributed by atoms with Crippen LogP contribution in [0.5, 0.6) is 0 Å². The van der Waals surface area contributed by atoms with Crippen LogP contribution >= 0.6 is 0 Å². The highest BCUT2D eigenvalue weighted by atomic mass is 16.6. The number of nitro groups is 1. The SMILES string of the molecule is COCCC(C)(C)CNc1cc([N+](=O)[O-])ccc1C. The van der Waals surface area contributed by atoms with E-state index in [1.54, 1.807) is 19.2 Å². The lowest BCUT2D eigenvalue weighted by atomic mass is 9.89. The molecule has 0 unspecified atom stereocenters. The number of aryl methyl sites for hydroxylation is 1. The molecular formula is C14H22N2O3. The Bertz CT molecular complexity index is 444. The van der Waals surface area contributed by atoms with Crippen molar-refractivity contribution in [2.24, 2.45) is 5.41 Å². The summed E-state index contributed by atoms with van der Waals surface area (Å²) in [6, 6.07) is 4.88. The summed E-state index contributed by atoms with van der Waals surface area (Å²) in [5.74, 6) is 0. The van der Waals surface area contributed by atoms with E-state index in [1.165, 1.54) is 6.07 Å². The van der Waals surface area contributed by atoms with E-state index in [2.05, 4.69) is 19.2 Å². The van der Waals surface area contributed by atoms with Crippen LogP contribution in [0.2, 0.25) is 0 Å². The minimum atomic E-state index is -0.374. The third-order valence-corrected chi connectivity index (χ3v) is 3.17. The van der Waals surface area contributed by atoms with Gasteiger partial charge in [-0.1, -0.05) is 19.9 Å². The fourth-order valence-corrected chi connectivity index (χ4v) is 1.72. The van der Waals surface area contributed by atoms with Crippen molar-refractivity contribution < 1.29 is 9.66 Å². The Balaban J connectivity index is 2.71. The van der Waals surface area contributed by atoms with Gasteiger partial charge in [0.1, 0.15) is 0 Å². The van der Waals surface area contributed by atoms with Gasteiger partial charge in [0.05, 0.1) is 4.92 Å². The third kappa shape index (κ3) is 4.87. The van der Waals surface area contributed by atoms with E-state index in [0.717, 1.165) is 24.2 Å². The lowest BCUT2D eigenvalue weighted by Gasteiger charge is -2.25. The first-order valence-electron chi connectivity index (χ1n) is 6.33. The number of nitro benzene ring substituents is 1. The number of benzene rings is 1. The molecule has 0 spiro atoms. The second-order valence-electron chi connectivity index (χ2n) is 5.52. The van der Waals surface area contributed by atoms with Crippen LogP contribution in [0.15, 0.2) is 18.2 Å². The maximum atomic E-state index is 10.8. The third-order valence-electron chi connectivity index (χ3n) is 3.17. The summed E-state index contributed by atoms with van der Waals surface area (Å²) in [5.41, 5.74) is 2.02. The molecule has 5 heteroatoms. The highest BCUT2D eigenvalue weighted by Gasteiger charge is 2.18. The molecule has 0 bridgehead atoms. The summed E-state index contributed by atoms with van der Waals surface area (Å²) < 4.78 is 5.09. The van der Waals surface area contributed by atoms with E-state index in [-0.39, 0.29) is 16.0 Å². The number of hydrogen-bond acceptors (Lipinski definition) is 4. The molecule has 19 heavy (non-hydrogen) atoms. The Kier molecular flexibility index (Phi) is 5.30. The number of hydrogen-bond donors (Lipinski definition) is 1. The molecule has 5 nitrogen and oxygen atoms in total. The van der Waals surface area contributed by atoms with Crippen LogP contribution in [-0.4, -0.2) is 25.2 Å². The Morgan fingerprint density at radius 3 is 2.68 bits per heavy atom. The zero-order chi connectivity index (χ0) is 14.5. The van der Waals surface area contributed by atoms with Crippen molar-refractivity contribution in [1.82, 2.24) is 0 Å². The average Bonchev–Trinajstić information content (AvgIpc) is 2.35. The van der Waals surface area contributed by atoms with Crippen molar-refractivity contribution in [3.63, 3.8) is 0 Å². The lowest BCUT2D eigenvalue weighted by molar-refractivity contribution is -0.384. The minimum Gasteiger partial charge on any atom is -0.385 e. The second kappa shape index (κ2) is 6.52. The Labute approximate surface area is 114 Å². The lowest BCUT2D eigenvalue weighted by Crippen LogP contribution is -2.24. The number of nitrogens with one attached hydrogen (secondary N) is 1. The van der Waals surface area contributed by atoms with Crippen molar-refractivity contribution in [2.75, 3.05) is 25.6 Å². The molecule has 0 aliphatic heterocycles. The van der Waals surface area contributed by atoms with Gasteiger partial charge in [0.25, 0.3) is 5.69 Å². The first-order valence-corrected chi connectivity index (χ1v) is 6.33. The molecule has 106 valence electrons. The maximum absolute atomic E-state index is 10.8. The van der Waals surface area contributed by atoms with Crippen LogP contribution in [-0.2, 0) is 4.74 Å². The zero-order valence-electron chi connectivity index (χ0n) is 12.0. The fraction of sp³-hybridized carbons (Fsp3) is 0.571. The van der Waals surface area contributed by atoms with Crippen LogP contribution in [0.3, 0.4) is 0 Å². The Hall–Kier alpha value is -1.62. The fourth-order valence-electron chi connectivity index (χ4n) is 1.72. The zero-order valence-corrected chi connectivity index (χ0v) is 12.0. The Morgan fingerprint density at radius 2 is 2.11 bits per heavy atom. The minimum absolute atomic E-state index is 0.0765. The van der Waals surface area contributed by atoms with Crippen LogP contribution < -0.4 is 5.32 Å².